The zero-order valence-electron chi connectivity index (χ0n) is 11.6. The van der Waals surface area contributed by atoms with Gasteiger partial charge in [0.15, 0.2) is 0 Å². The largest absolute Gasteiger partial charge is 0.314 e. The number of benzene rings is 1. The molecule has 0 radical (unpaired) electrons. The van der Waals surface area contributed by atoms with Gasteiger partial charge in [-0.2, -0.15) is 0 Å². The maximum absolute atomic E-state index is 3.62. The van der Waals surface area contributed by atoms with Crippen molar-refractivity contribution in [2.75, 3.05) is 6.54 Å². The van der Waals surface area contributed by atoms with Crippen molar-refractivity contribution < 1.29 is 0 Å². The Balaban J connectivity index is 2.16. The van der Waals surface area contributed by atoms with Crippen molar-refractivity contribution in [3.8, 4) is 0 Å². The number of hydrogen-bond acceptors (Lipinski definition) is 1. The van der Waals surface area contributed by atoms with Gasteiger partial charge in [-0.3, -0.25) is 0 Å². The first-order valence-corrected chi connectivity index (χ1v) is 6.97. The standard InChI is InChI=1S/C16H25N/c1-5-13-15(10-16(13)17-6-2)14-9-11(3)7-8-12(14)4/h7-9,13,15-17H,5-6,10H2,1-4H3. The van der Waals surface area contributed by atoms with Crippen LogP contribution in [-0.2, 0) is 0 Å². The van der Waals surface area contributed by atoms with Crippen molar-refractivity contribution in [2.45, 2.75) is 52.5 Å². The number of hydrogen-bond donors (Lipinski definition) is 1. The zero-order chi connectivity index (χ0) is 12.4. The molecule has 3 unspecified atom stereocenters. The third kappa shape index (κ3) is 2.40. The Labute approximate surface area is 106 Å². The van der Waals surface area contributed by atoms with Crippen LogP contribution in [0.25, 0.3) is 0 Å². The molecule has 3 atom stereocenters. The van der Waals surface area contributed by atoms with Crippen LogP contribution in [0.4, 0.5) is 0 Å². The fourth-order valence-corrected chi connectivity index (χ4v) is 3.29. The molecule has 1 N–H and O–H groups in total. The van der Waals surface area contributed by atoms with Crippen LogP contribution in [0.15, 0.2) is 18.2 Å². The molecule has 94 valence electrons. The Kier molecular flexibility index (Phi) is 3.88. The summed E-state index contributed by atoms with van der Waals surface area (Å²) in [5.41, 5.74) is 4.45. The summed E-state index contributed by atoms with van der Waals surface area (Å²) in [6.07, 6.45) is 2.60. The summed E-state index contributed by atoms with van der Waals surface area (Å²) in [5.74, 6) is 1.61. The van der Waals surface area contributed by atoms with Crippen molar-refractivity contribution in [3.05, 3.63) is 34.9 Å². The van der Waals surface area contributed by atoms with E-state index in [-0.39, 0.29) is 0 Å². The van der Waals surface area contributed by atoms with E-state index in [0.29, 0.717) is 0 Å². The Morgan fingerprint density at radius 2 is 2.00 bits per heavy atom. The first-order chi connectivity index (χ1) is 8.17. The van der Waals surface area contributed by atoms with E-state index in [1.165, 1.54) is 24.0 Å². The summed E-state index contributed by atoms with van der Waals surface area (Å²) in [6.45, 7) is 10.1. The van der Waals surface area contributed by atoms with Crippen LogP contribution in [0.1, 0.15) is 49.3 Å². The highest BCUT2D eigenvalue weighted by atomic mass is 14.9. The lowest BCUT2D eigenvalue weighted by molar-refractivity contribution is 0.162. The molecular weight excluding hydrogens is 206 g/mol. The lowest BCUT2D eigenvalue weighted by Gasteiger charge is -2.46. The van der Waals surface area contributed by atoms with Crippen LogP contribution >= 0.6 is 0 Å². The molecular formula is C16H25N. The van der Waals surface area contributed by atoms with E-state index in [2.05, 4.69) is 51.2 Å². The van der Waals surface area contributed by atoms with Crippen LogP contribution in [0.2, 0.25) is 0 Å². The van der Waals surface area contributed by atoms with Gasteiger partial charge >= 0.3 is 0 Å². The fraction of sp³-hybridized carbons (Fsp3) is 0.625. The van der Waals surface area contributed by atoms with Crippen molar-refractivity contribution in [1.82, 2.24) is 5.32 Å². The maximum atomic E-state index is 3.62. The lowest BCUT2D eigenvalue weighted by Crippen LogP contribution is -2.49. The Hall–Kier alpha value is -0.820. The van der Waals surface area contributed by atoms with Crippen LogP contribution in [0, 0.1) is 19.8 Å². The highest BCUT2D eigenvalue weighted by Crippen LogP contribution is 2.45. The summed E-state index contributed by atoms with van der Waals surface area (Å²) in [7, 11) is 0. The van der Waals surface area contributed by atoms with Crippen molar-refractivity contribution >= 4 is 0 Å². The maximum Gasteiger partial charge on any atom is 0.0107 e. The number of nitrogens with one attached hydrogen (secondary N) is 1. The molecule has 0 spiro atoms. The lowest BCUT2D eigenvalue weighted by atomic mass is 9.64. The number of rotatable bonds is 4. The first-order valence-electron chi connectivity index (χ1n) is 6.97. The van der Waals surface area contributed by atoms with Gasteiger partial charge in [-0.05, 0) is 49.8 Å². The minimum absolute atomic E-state index is 0.745. The van der Waals surface area contributed by atoms with Crippen LogP contribution in [-0.4, -0.2) is 12.6 Å². The van der Waals surface area contributed by atoms with Gasteiger partial charge in [0, 0.05) is 6.04 Å². The second kappa shape index (κ2) is 5.22. The van der Waals surface area contributed by atoms with Gasteiger partial charge in [0.05, 0.1) is 0 Å². The molecule has 17 heavy (non-hydrogen) atoms. The van der Waals surface area contributed by atoms with Crippen molar-refractivity contribution in [3.63, 3.8) is 0 Å². The van der Waals surface area contributed by atoms with Crippen molar-refractivity contribution in [2.24, 2.45) is 5.92 Å². The monoisotopic (exact) mass is 231 g/mol. The minimum Gasteiger partial charge on any atom is -0.314 e. The highest BCUT2D eigenvalue weighted by Gasteiger charge is 2.40. The molecule has 1 aliphatic carbocycles. The molecule has 0 aliphatic heterocycles. The summed E-state index contributed by atoms with van der Waals surface area (Å²) < 4.78 is 0. The Morgan fingerprint density at radius 3 is 2.65 bits per heavy atom. The van der Waals surface area contributed by atoms with Crippen LogP contribution in [0.5, 0.6) is 0 Å². The van der Waals surface area contributed by atoms with Gasteiger partial charge in [-0.15, -0.1) is 0 Å². The SMILES string of the molecule is CCNC1CC(c2cc(C)ccc2C)C1CC. The number of aryl methyl sites for hydroxylation is 2. The van der Waals surface area contributed by atoms with Gasteiger partial charge in [0.25, 0.3) is 0 Å². The first kappa shape index (κ1) is 12.6. The van der Waals surface area contributed by atoms with Gasteiger partial charge in [0.1, 0.15) is 0 Å². The van der Waals surface area contributed by atoms with Gasteiger partial charge < -0.3 is 5.32 Å². The predicted molar refractivity (Wildman–Crippen MR) is 74.5 cm³/mol. The predicted octanol–water partition coefficient (Wildman–Crippen LogP) is 3.80. The van der Waals surface area contributed by atoms with E-state index in [1.807, 2.05) is 0 Å². The molecule has 1 heteroatoms. The molecule has 1 fully saturated rings. The van der Waals surface area contributed by atoms with Crippen LogP contribution < -0.4 is 5.32 Å². The van der Waals surface area contributed by atoms with E-state index >= 15 is 0 Å². The molecule has 0 saturated heterocycles. The molecule has 2 rings (SSSR count). The zero-order valence-corrected chi connectivity index (χ0v) is 11.6. The third-order valence-electron chi connectivity index (χ3n) is 4.31. The van der Waals surface area contributed by atoms with Gasteiger partial charge in [-0.25, -0.2) is 0 Å². The molecule has 1 saturated carbocycles. The van der Waals surface area contributed by atoms with Gasteiger partial charge in [0.2, 0.25) is 0 Å². The molecule has 1 nitrogen and oxygen atoms in total. The highest BCUT2D eigenvalue weighted by molar-refractivity contribution is 5.36. The second-order valence-electron chi connectivity index (χ2n) is 5.44. The van der Waals surface area contributed by atoms with E-state index in [4.69, 9.17) is 0 Å². The average Bonchev–Trinajstić information content (AvgIpc) is 2.28. The molecule has 0 aromatic heterocycles. The van der Waals surface area contributed by atoms with Crippen LogP contribution in [0.3, 0.4) is 0 Å². The second-order valence-corrected chi connectivity index (χ2v) is 5.44. The fourth-order valence-electron chi connectivity index (χ4n) is 3.29. The van der Waals surface area contributed by atoms with E-state index < -0.39 is 0 Å². The molecule has 1 aromatic rings. The third-order valence-corrected chi connectivity index (χ3v) is 4.31. The minimum atomic E-state index is 0.745. The summed E-state index contributed by atoms with van der Waals surface area (Å²) >= 11 is 0. The Bertz CT molecular complexity index is 383. The molecule has 1 aromatic carbocycles. The molecule has 0 heterocycles. The average molecular weight is 231 g/mol. The molecule has 0 amide bonds. The smallest absolute Gasteiger partial charge is 0.0107 e. The summed E-state index contributed by atoms with van der Waals surface area (Å²) in [6, 6.07) is 7.64. The van der Waals surface area contributed by atoms with E-state index in [9.17, 15) is 0 Å². The molecule has 0 bridgehead atoms. The van der Waals surface area contributed by atoms with Crippen molar-refractivity contribution in [1.29, 1.82) is 0 Å². The van der Waals surface area contributed by atoms with Gasteiger partial charge in [-0.1, -0.05) is 44.0 Å². The topological polar surface area (TPSA) is 12.0 Å². The summed E-state index contributed by atoms with van der Waals surface area (Å²) in [5, 5.41) is 3.62. The normalized spacial score (nSPS) is 27.9. The quantitative estimate of drug-likeness (QED) is 0.831. The van der Waals surface area contributed by atoms with E-state index in [0.717, 1.165) is 24.4 Å². The Morgan fingerprint density at radius 1 is 1.24 bits per heavy atom. The molecule has 1 aliphatic rings. The summed E-state index contributed by atoms with van der Waals surface area (Å²) in [4.78, 5) is 0. The van der Waals surface area contributed by atoms with E-state index in [1.54, 1.807) is 5.56 Å².